The zero-order valence-corrected chi connectivity index (χ0v) is 34.2. The zero-order valence-electron chi connectivity index (χ0n) is 34.2. The van der Waals surface area contributed by atoms with Crippen LogP contribution in [0.5, 0.6) is 0 Å². The van der Waals surface area contributed by atoms with E-state index < -0.39 is 89.5 Å². The number of piperidine rings is 1. The Morgan fingerprint density at radius 2 is 1.68 bits per heavy atom. The average molecular weight is 799 g/mol. The van der Waals surface area contributed by atoms with Crippen LogP contribution in [-0.2, 0) is 28.6 Å². The fraction of sp³-hybridized carbons (Fsp3) is 0.558. The summed E-state index contributed by atoms with van der Waals surface area (Å²) in [5.41, 5.74) is -0.119. The molecule has 3 heterocycles. The predicted octanol–water partition coefficient (Wildman–Crippen LogP) is 2.70. The molecule has 0 aromatic heterocycles. The number of ether oxygens (including phenoxy) is 3. The molecular formula is C43H62N2O12. The second-order valence-electron chi connectivity index (χ2n) is 15.3. The summed E-state index contributed by atoms with van der Waals surface area (Å²) in [6.45, 7) is 12.5. The SMILES string of the molecule is CC=CC=CC1OC(O)(C(CC)C(=O)NCC=CC=C(C)C(OC)C(C)C2OC(C=CC=CC=C(C)C(O)=C3C(=O)CCNC3=O)C(O)C2O)C(O)C(O)C1(C)C. The summed E-state index contributed by atoms with van der Waals surface area (Å²) in [5, 5.41) is 70.9. The molecule has 0 aromatic carbocycles. The number of nitrogens with one attached hydrogen (secondary N) is 2. The summed E-state index contributed by atoms with van der Waals surface area (Å²) in [7, 11) is 1.53. The molecule has 8 N–H and O–H groups in total. The van der Waals surface area contributed by atoms with Crippen molar-refractivity contribution in [3.63, 3.8) is 0 Å². The highest BCUT2D eigenvalue weighted by Gasteiger charge is 2.60. The van der Waals surface area contributed by atoms with E-state index in [0.29, 0.717) is 5.57 Å². The Morgan fingerprint density at radius 1 is 1.00 bits per heavy atom. The van der Waals surface area contributed by atoms with E-state index in [1.807, 2.05) is 26.8 Å². The van der Waals surface area contributed by atoms with E-state index in [1.165, 1.54) is 13.2 Å². The maximum atomic E-state index is 13.3. The topological polar surface area (TPSA) is 224 Å². The lowest BCUT2D eigenvalue weighted by atomic mass is 9.71. The van der Waals surface area contributed by atoms with Crippen LogP contribution < -0.4 is 10.6 Å². The molecular weight excluding hydrogens is 736 g/mol. The van der Waals surface area contributed by atoms with Crippen LogP contribution in [0.4, 0.5) is 0 Å². The van der Waals surface area contributed by atoms with Crippen LogP contribution >= 0.6 is 0 Å². The molecule has 0 radical (unpaired) electrons. The lowest BCUT2D eigenvalue weighted by Crippen LogP contribution is -2.69. The molecule has 3 aliphatic rings. The Bertz CT molecular complexity index is 1650. The number of hydrogen-bond donors (Lipinski definition) is 8. The minimum atomic E-state index is -2.34. The molecule has 2 amide bonds. The van der Waals surface area contributed by atoms with Gasteiger partial charge in [-0.1, -0.05) is 101 Å². The monoisotopic (exact) mass is 798 g/mol. The van der Waals surface area contributed by atoms with Crippen LogP contribution in [0.1, 0.15) is 61.3 Å². The van der Waals surface area contributed by atoms with Crippen molar-refractivity contribution in [2.75, 3.05) is 20.2 Å². The number of allylic oxidation sites excluding steroid dienone is 10. The van der Waals surface area contributed by atoms with Gasteiger partial charge in [-0.15, -0.1) is 0 Å². The summed E-state index contributed by atoms with van der Waals surface area (Å²) in [6.07, 6.45) is 11.9. The Labute approximate surface area is 335 Å². The van der Waals surface area contributed by atoms with E-state index in [-0.39, 0.29) is 37.3 Å². The molecule has 0 spiro atoms. The summed E-state index contributed by atoms with van der Waals surface area (Å²) in [4.78, 5) is 37.4. The van der Waals surface area contributed by atoms with Gasteiger partial charge >= 0.3 is 0 Å². The van der Waals surface area contributed by atoms with Gasteiger partial charge in [0.25, 0.3) is 5.91 Å². The van der Waals surface area contributed by atoms with Crippen molar-refractivity contribution < 1.29 is 59.2 Å². The van der Waals surface area contributed by atoms with E-state index in [4.69, 9.17) is 14.2 Å². The lowest BCUT2D eigenvalue weighted by molar-refractivity contribution is -0.359. The van der Waals surface area contributed by atoms with Crippen molar-refractivity contribution in [2.24, 2.45) is 17.3 Å². The first-order chi connectivity index (χ1) is 26.9. The van der Waals surface area contributed by atoms with E-state index in [9.17, 15) is 45.0 Å². The van der Waals surface area contributed by atoms with Crippen molar-refractivity contribution in [1.82, 2.24) is 10.6 Å². The molecule has 3 saturated heterocycles. The van der Waals surface area contributed by atoms with Gasteiger partial charge in [-0.2, -0.15) is 0 Å². The Morgan fingerprint density at radius 3 is 2.32 bits per heavy atom. The van der Waals surface area contributed by atoms with Crippen LogP contribution in [0, 0.1) is 17.3 Å². The maximum absolute atomic E-state index is 13.3. The molecule has 11 unspecified atom stereocenters. The largest absolute Gasteiger partial charge is 0.507 e. The number of Topliss-reactive ketones (excluding diaryl/α,β-unsaturated/α-hetero) is 1. The summed E-state index contributed by atoms with van der Waals surface area (Å²) in [6, 6.07) is 0. The second-order valence-corrected chi connectivity index (χ2v) is 15.3. The van der Waals surface area contributed by atoms with Crippen LogP contribution in [-0.4, -0.2) is 123 Å². The fourth-order valence-corrected chi connectivity index (χ4v) is 7.30. The minimum Gasteiger partial charge on any atom is -0.507 e. The zero-order chi connectivity index (χ0) is 42.7. The van der Waals surface area contributed by atoms with Crippen LogP contribution in [0.25, 0.3) is 0 Å². The van der Waals surface area contributed by atoms with Gasteiger partial charge in [0.05, 0.1) is 30.3 Å². The summed E-state index contributed by atoms with van der Waals surface area (Å²) >= 11 is 0. The van der Waals surface area contributed by atoms with Gasteiger partial charge in [-0.05, 0) is 38.3 Å². The number of ketones is 1. The smallest absolute Gasteiger partial charge is 0.258 e. The first kappa shape index (κ1) is 47.4. The maximum Gasteiger partial charge on any atom is 0.258 e. The number of rotatable bonds is 16. The van der Waals surface area contributed by atoms with E-state index >= 15 is 0 Å². The molecule has 14 heteroatoms. The number of aliphatic hydroxyl groups is 6. The highest BCUT2D eigenvalue weighted by Crippen LogP contribution is 2.44. The highest BCUT2D eigenvalue weighted by atomic mass is 16.7. The van der Waals surface area contributed by atoms with Crippen molar-refractivity contribution in [2.45, 2.75) is 116 Å². The van der Waals surface area contributed by atoms with Gasteiger partial charge in [0.15, 0.2) is 5.78 Å². The van der Waals surface area contributed by atoms with Crippen molar-refractivity contribution in [3.8, 4) is 0 Å². The third-order valence-corrected chi connectivity index (χ3v) is 10.9. The van der Waals surface area contributed by atoms with Gasteiger partial charge in [-0.3, -0.25) is 14.4 Å². The molecule has 3 fully saturated rings. The van der Waals surface area contributed by atoms with Crippen LogP contribution in [0.2, 0.25) is 0 Å². The number of aliphatic hydroxyl groups excluding tert-OH is 5. The van der Waals surface area contributed by atoms with E-state index in [0.717, 1.165) is 5.57 Å². The normalized spacial score (nSPS) is 32.8. The Hall–Kier alpha value is -3.99. The number of carbonyl (C=O) groups excluding carboxylic acids is 3. The van der Waals surface area contributed by atoms with E-state index in [2.05, 4.69) is 10.6 Å². The Balaban J connectivity index is 1.60. The number of hydrogen-bond acceptors (Lipinski definition) is 12. The average Bonchev–Trinajstić information content (AvgIpc) is 3.45. The molecule has 11 atom stereocenters. The summed E-state index contributed by atoms with van der Waals surface area (Å²) in [5.74, 6) is -5.91. The fourth-order valence-electron chi connectivity index (χ4n) is 7.30. The van der Waals surface area contributed by atoms with Gasteiger partial charge in [0, 0.05) is 38.0 Å². The molecule has 0 bridgehead atoms. The standard InChI is InChI=1S/C43H62N2O12/c1-9-11-13-21-31-42(6,7)38(50)39(51)43(54,57-31)28(10-2)40(52)44-23-17-16-19-26(4)36(55-8)27(5)37-35(49)34(48)30(56-37)20-15-12-14-18-25(3)33(47)32-29(46)22-24-45-41(32)53/h9,11-21,27-28,30-31,34-39,47-51,54H,10,22-24H2,1-8H3,(H,44,52)(H,45,53). The molecule has 57 heavy (non-hydrogen) atoms. The molecule has 14 nitrogen and oxygen atoms in total. The van der Waals surface area contributed by atoms with Crippen molar-refractivity contribution in [1.29, 1.82) is 0 Å². The molecule has 3 aliphatic heterocycles. The van der Waals surface area contributed by atoms with E-state index in [1.54, 1.807) is 88.5 Å². The van der Waals surface area contributed by atoms with Crippen LogP contribution in [0.3, 0.4) is 0 Å². The number of amides is 2. The van der Waals surface area contributed by atoms with Gasteiger partial charge in [0.1, 0.15) is 35.7 Å². The number of carbonyl (C=O) groups is 3. The first-order valence-electron chi connectivity index (χ1n) is 19.4. The summed E-state index contributed by atoms with van der Waals surface area (Å²) < 4.78 is 17.8. The predicted molar refractivity (Wildman–Crippen MR) is 214 cm³/mol. The van der Waals surface area contributed by atoms with Crippen molar-refractivity contribution >= 4 is 17.6 Å². The van der Waals surface area contributed by atoms with Crippen molar-refractivity contribution in [3.05, 3.63) is 95.4 Å². The molecule has 316 valence electrons. The molecule has 0 aliphatic carbocycles. The quantitative estimate of drug-likeness (QED) is 0.0489. The minimum absolute atomic E-state index is 0.0847. The molecule has 3 rings (SSSR count). The van der Waals surface area contributed by atoms with Gasteiger partial charge in [-0.25, -0.2) is 0 Å². The number of methoxy groups -OCH3 is 1. The van der Waals surface area contributed by atoms with Gasteiger partial charge < -0.3 is 55.5 Å². The molecule has 0 saturated carbocycles. The Kier molecular flexibility index (Phi) is 17.6. The third kappa shape index (κ3) is 11.1. The third-order valence-electron chi connectivity index (χ3n) is 10.9. The second kappa shape index (κ2) is 21.1. The van der Waals surface area contributed by atoms with Gasteiger partial charge in [0.2, 0.25) is 11.7 Å². The van der Waals surface area contributed by atoms with Crippen LogP contribution in [0.15, 0.2) is 95.4 Å². The first-order valence-corrected chi connectivity index (χ1v) is 19.4. The highest BCUT2D eigenvalue weighted by molar-refractivity contribution is 6.21. The molecule has 0 aromatic rings. The lowest BCUT2D eigenvalue weighted by Gasteiger charge is -2.53.